The van der Waals surface area contributed by atoms with Crippen LogP contribution in [-0.4, -0.2) is 5.97 Å². The van der Waals surface area contributed by atoms with Crippen LogP contribution in [0.15, 0.2) is 109 Å². The van der Waals surface area contributed by atoms with Crippen LogP contribution in [-0.2, 0) is 0 Å². The standard InChI is InChI=1S/C25H18O2/c26-25(23-17-8-7-15-21(23)19-11-3-1-4-12-19)27-24-18-10-9-16-22(24)20-13-5-2-6-14-20/h1-18H. The molecule has 130 valence electrons. The molecule has 0 unspecified atom stereocenters. The van der Waals surface area contributed by atoms with Crippen LogP contribution in [0, 0.1) is 0 Å². The van der Waals surface area contributed by atoms with E-state index in [9.17, 15) is 4.79 Å². The fourth-order valence-electron chi connectivity index (χ4n) is 3.10. The highest BCUT2D eigenvalue weighted by atomic mass is 16.5. The van der Waals surface area contributed by atoms with E-state index in [0.717, 1.165) is 22.3 Å². The van der Waals surface area contributed by atoms with Crippen molar-refractivity contribution in [1.29, 1.82) is 0 Å². The highest BCUT2D eigenvalue weighted by molar-refractivity contribution is 5.99. The largest absolute Gasteiger partial charge is 0.422 e. The van der Waals surface area contributed by atoms with Crippen LogP contribution < -0.4 is 4.74 Å². The van der Waals surface area contributed by atoms with E-state index in [4.69, 9.17) is 4.74 Å². The predicted molar refractivity (Wildman–Crippen MR) is 109 cm³/mol. The van der Waals surface area contributed by atoms with E-state index in [-0.39, 0.29) is 5.97 Å². The Hall–Kier alpha value is -3.65. The summed E-state index contributed by atoms with van der Waals surface area (Å²) in [5.41, 5.74) is 4.30. The molecular formula is C25H18O2. The third kappa shape index (κ3) is 3.65. The lowest BCUT2D eigenvalue weighted by atomic mass is 10.00. The Morgan fingerprint density at radius 2 is 1.00 bits per heavy atom. The van der Waals surface area contributed by atoms with Crippen LogP contribution in [0.1, 0.15) is 10.4 Å². The van der Waals surface area contributed by atoms with Crippen molar-refractivity contribution in [2.45, 2.75) is 0 Å². The molecule has 0 heterocycles. The first-order valence-corrected chi connectivity index (χ1v) is 8.84. The molecule has 0 amide bonds. The third-order valence-corrected chi connectivity index (χ3v) is 4.41. The van der Waals surface area contributed by atoms with Gasteiger partial charge in [0.2, 0.25) is 0 Å². The van der Waals surface area contributed by atoms with Crippen LogP contribution >= 0.6 is 0 Å². The molecule has 0 saturated carbocycles. The second kappa shape index (κ2) is 7.71. The Balaban J connectivity index is 1.69. The van der Waals surface area contributed by atoms with Crippen LogP contribution in [0.4, 0.5) is 0 Å². The minimum Gasteiger partial charge on any atom is -0.422 e. The molecule has 0 spiro atoms. The lowest BCUT2D eigenvalue weighted by Crippen LogP contribution is -2.10. The number of hydrogen-bond acceptors (Lipinski definition) is 2. The van der Waals surface area contributed by atoms with Crippen molar-refractivity contribution in [3.05, 3.63) is 115 Å². The van der Waals surface area contributed by atoms with Crippen LogP contribution in [0.25, 0.3) is 22.3 Å². The van der Waals surface area contributed by atoms with E-state index < -0.39 is 0 Å². The van der Waals surface area contributed by atoms with E-state index in [1.54, 1.807) is 6.07 Å². The van der Waals surface area contributed by atoms with E-state index in [0.29, 0.717) is 11.3 Å². The summed E-state index contributed by atoms with van der Waals surface area (Å²) in [5, 5.41) is 0. The molecule has 4 aromatic rings. The molecule has 0 aliphatic carbocycles. The SMILES string of the molecule is O=C(Oc1ccccc1-c1ccccc1)c1ccccc1-c1ccccc1. The molecule has 4 rings (SSSR count). The Morgan fingerprint density at radius 3 is 1.67 bits per heavy atom. The zero-order valence-corrected chi connectivity index (χ0v) is 14.7. The number of benzene rings is 4. The predicted octanol–water partition coefficient (Wildman–Crippen LogP) is 6.24. The van der Waals surface area contributed by atoms with Crippen molar-refractivity contribution >= 4 is 5.97 Å². The number of rotatable bonds is 4. The molecule has 4 aromatic carbocycles. The summed E-state index contributed by atoms with van der Waals surface area (Å²) < 4.78 is 5.81. The quantitative estimate of drug-likeness (QED) is 0.322. The fourth-order valence-corrected chi connectivity index (χ4v) is 3.10. The fraction of sp³-hybridized carbons (Fsp3) is 0. The smallest absolute Gasteiger partial charge is 0.344 e. The monoisotopic (exact) mass is 350 g/mol. The second-order valence-corrected chi connectivity index (χ2v) is 6.16. The van der Waals surface area contributed by atoms with Crippen molar-refractivity contribution in [3.8, 4) is 28.0 Å². The van der Waals surface area contributed by atoms with Crippen molar-refractivity contribution in [1.82, 2.24) is 0 Å². The summed E-state index contributed by atoms with van der Waals surface area (Å²) in [6.07, 6.45) is 0. The average Bonchev–Trinajstić information content (AvgIpc) is 2.75. The van der Waals surface area contributed by atoms with Gasteiger partial charge in [-0.15, -0.1) is 0 Å². The normalized spacial score (nSPS) is 10.4. The van der Waals surface area contributed by atoms with Crippen molar-refractivity contribution in [2.24, 2.45) is 0 Å². The lowest BCUT2D eigenvalue weighted by Gasteiger charge is -2.12. The molecule has 0 aliphatic heterocycles. The van der Waals surface area contributed by atoms with Gasteiger partial charge < -0.3 is 4.74 Å². The average molecular weight is 350 g/mol. The third-order valence-electron chi connectivity index (χ3n) is 4.41. The number of carbonyl (C=O) groups excluding carboxylic acids is 1. The van der Waals surface area contributed by atoms with Gasteiger partial charge >= 0.3 is 5.97 Å². The van der Waals surface area contributed by atoms with Gasteiger partial charge in [0.05, 0.1) is 5.56 Å². The minimum atomic E-state index is -0.363. The summed E-state index contributed by atoms with van der Waals surface area (Å²) >= 11 is 0. The Bertz CT molecular complexity index is 1050. The number of esters is 1. The molecular weight excluding hydrogens is 332 g/mol. The van der Waals surface area contributed by atoms with E-state index in [2.05, 4.69) is 0 Å². The maximum Gasteiger partial charge on any atom is 0.344 e. The number of carbonyl (C=O) groups is 1. The molecule has 0 atom stereocenters. The summed E-state index contributed by atoms with van der Waals surface area (Å²) in [6, 6.07) is 34.9. The first-order chi connectivity index (χ1) is 13.3. The van der Waals surface area contributed by atoms with Crippen LogP contribution in [0.3, 0.4) is 0 Å². The van der Waals surface area contributed by atoms with Gasteiger partial charge in [0.25, 0.3) is 0 Å². The second-order valence-electron chi connectivity index (χ2n) is 6.16. The summed E-state index contributed by atoms with van der Waals surface area (Å²) in [4.78, 5) is 13.0. The number of para-hydroxylation sites is 1. The molecule has 0 fully saturated rings. The summed E-state index contributed by atoms with van der Waals surface area (Å²) in [5.74, 6) is 0.189. The Labute approximate surface area is 158 Å². The zero-order chi connectivity index (χ0) is 18.5. The molecule has 0 N–H and O–H groups in total. The molecule has 0 radical (unpaired) electrons. The number of ether oxygens (including phenoxy) is 1. The van der Waals surface area contributed by atoms with Gasteiger partial charge in [-0.2, -0.15) is 0 Å². The Kier molecular flexibility index (Phi) is 4.80. The van der Waals surface area contributed by atoms with Crippen molar-refractivity contribution in [2.75, 3.05) is 0 Å². The van der Waals surface area contributed by atoms with Crippen LogP contribution in [0.5, 0.6) is 5.75 Å². The molecule has 2 nitrogen and oxygen atoms in total. The summed E-state index contributed by atoms with van der Waals surface area (Å²) in [6.45, 7) is 0. The maximum absolute atomic E-state index is 13.0. The Morgan fingerprint density at radius 1 is 0.519 bits per heavy atom. The molecule has 0 saturated heterocycles. The van der Waals surface area contributed by atoms with E-state index in [1.165, 1.54) is 0 Å². The van der Waals surface area contributed by atoms with Crippen LogP contribution in [0.2, 0.25) is 0 Å². The van der Waals surface area contributed by atoms with Gasteiger partial charge in [-0.1, -0.05) is 97.1 Å². The summed E-state index contributed by atoms with van der Waals surface area (Å²) in [7, 11) is 0. The van der Waals surface area contributed by atoms with Gasteiger partial charge in [-0.3, -0.25) is 0 Å². The van der Waals surface area contributed by atoms with Gasteiger partial charge in [0, 0.05) is 5.56 Å². The first kappa shape index (κ1) is 16.8. The molecule has 0 bridgehead atoms. The molecule has 0 aliphatic rings. The van der Waals surface area contributed by atoms with Gasteiger partial charge in [-0.05, 0) is 28.8 Å². The van der Waals surface area contributed by atoms with E-state index in [1.807, 2.05) is 103 Å². The maximum atomic E-state index is 13.0. The van der Waals surface area contributed by atoms with Crippen molar-refractivity contribution in [3.63, 3.8) is 0 Å². The van der Waals surface area contributed by atoms with Gasteiger partial charge in [0.15, 0.2) is 0 Å². The molecule has 2 heteroatoms. The highest BCUT2D eigenvalue weighted by Gasteiger charge is 2.16. The lowest BCUT2D eigenvalue weighted by molar-refractivity contribution is 0.0736. The highest BCUT2D eigenvalue weighted by Crippen LogP contribution is 2.31. The topological polar surface area (TPSA) is 26.3 Å². The minimum absolute atomic E-state index is 0.363. The molecule has 27 heavy (non-hydrogen) atoms. The molecule has 0 aromatic heterocycles. The first-order valence-electron chi connectivity index (χ1n) is 8.84. The zero-order valence-electron chi connectivity index (χ0n) is 14.7. The van der Waals surface area contributed by atoms with Gasteiger partial charge in [-0.25, -0.2) is 4.79 Å². The van der Waals surface area contributed by atoms with E-state index >= 15 is 0 Å². The van der Waals surface area contributed by atoms with Gasteiger partial charge in [0.1, 0.15) is 5.75 Å². The number of hydrogen-bond donors (Lipinski definition) is 0. The van der Waals surface area contributed by atoms with Crippen molar-refractivity contribution < 1.29 is 9.53 Å².